The average molecular weight is 164 g/mol. The minimum Gasteiger partial charge on any atom is -0.377 e. The summed E-state index contributed by atoms with van der Waals surface area (Å²) in [6.45, 7) is 5.90. The predicted molar refractivity (Wildman–Crippen MR) is 40.6 cm³/mol. The number of halogens is 2. The largest absolute Gasteiger partial charge is 0.377 e. The summed E-state index contributed by atoms with van der Waals surface area (Å²) < 4.78 is 28.5. The van der Waals surface area contributed by atoms with Gasteiger partial charge in [-0.05, 0) is 12.8 Å². The fourth-order valence-corrected chi connectivity index (χ4v) is 0.502. The number of rotatable bonds is 4. The van der Waals surface area contributed by atoms with E-state index in [1.807, 2.05) is 13.8 Å². The Kier molecular flexibility index (Phi) is 5.03. The van der Waals surface area contributed by atoms with E-state index < -0.39 is 6.08 Å². The molecule has 0 fully saturated rings. The van der Waals surface area contributed by atoms with E-state index in [1.54, 1.807) is 0 Å². The summed E-state index contributed by atoms with van der Waals surface area (Å²) in [6, 6.07) is 0. The van der Waals surface area contributed by atoms with E-state index >= 15 is 0 Å². The van der Waals surface area contributed by atoms with E-state index in [0.717, 1.165) is 0 Å². The molecule has 0 bridgehead atoms. The molecule has 0 atom stereocenters. The van der Waals surface area contributed by atoms with E-state index in [1.165, 1.54) is 6.92 Å². The van der Waals surface area contributed by atoms with Gasteiger partial charge in [0.05, 0.1) is 6.61 Å². The Morgan fingerprint density at radius 1 is 1.36 bits per heavy atom. The van der Waals surface area contributed by atoms with Crippen LogP contribution in [0.15, 0.2) is 11.7 Å². The third kappa shape index (κ3) is 5.98. The van der Waals surface area contributed by atoms with Gasteiger partial charge in [0.15, 0.2) is 0 Å². The quantitative estimate of drug-likeness (QED) is 0.620. The zero-order valence-corrected chi connectivity index (χ0v) is 7.16. The lowest BCUT2D eigenvalue weighted by Gasteiger charge is -2.05. The number of ether oxygens (including phenoxy) is 1. The van der Waals surface area contributed by atoms with Gasteiger partial charge in [-0.25, -0.2) is 0 Å². The number of hydrogen-bond acceptors (Lipinski definition) is 1. The first-order valence-electron chi connectivity index (χ1n) is 3.62. The molecule has 0 amide bonds. The summed E-state index contributed by atoms with van der Waals surface area (Å²) in [5.41, 5.74) is 0.0191. The van der Waals surface area contributed by atoms with E-state index in [-0.39, 0.29) is 12.2 Å². The Morgan fingerprint density at radius 2 is 1.91 bits per heavy atom. The fraction of sp³-hybridized carbons (Fsp3) is 0.750. The van der Waals surface area contributed by atoms with Crippen molar-refractivity contribution in [2.45, 2.75) is 20.8 Å². The first-order chi connectivity index (χ1) is 5.04. The van der Waals surface area contributed by atoms with Gasteiger partial charge >= 0.3 is 0 Å². The van der Waals surface area contributed by atoms with Crippen LogP contribution in [0, 0.1) is 5.92 Å². The third-order valence-electron chi connectivity index (χ3n) is 1.09. The van der Waals surface area contributed by atoms with Crippen molar-refractivity contribution < 1.29 is 13.5 Å². The average Bonchev–Trinajstić information content (AvgIpc) is 1.86. The second-order valence-electron chi connectivity index (χ2n) is 2.95. The van der Waals surface area contributed by atoms with E-state index in [0.29, 0.717) is 12.5 Å². The molecule has 0 N–H and O–H groups in total. The molecule has 0 aliphatic carbocycles. The topological polar surface area (TPSA) is 9.23 Å². The van der Waals surface area contributed by atoms with E-state index in [2.05, 4.69) is 0 Å². The normalized spacial score (nSPS) is 10.4. The highest BCUT2D eigenvalue weighted by molar-refractivity contribution is 4.97. The monoisotopic (exact) mass is 164 g/mol. The van der Waals surface area contributed by atoms with Crippen LogP contribution in [-0.4, -0.2) is 13.2 Å². The van der Waals surface area contributed by atoms with Gasteiger partial charge in [-0.3, -0.25) is 0 Å². The van der Waals surface area contributed by atoms with E-state index in [4.69, 9.17) is 4.74 Å². The van der Waals surface area contributed by atoms with Crippen LogP contribution in [-0.2, 0) is 4.74 Å². The van der Waals surface area contributed by atoms with Crippen molar-refractivity contribution in [3.05, 3.63) is 11.7 Å². The first kappa shape index (κ1) is 10.6. The standard InChI is InChI=1S/C8H14F2O/c1-6(2)4-11-5-7(3)8(9)10/h6H,4-5H2,1-3H3. The zero-order chi connectivity index (χ0) is 8.85. The third-order valence-corrected chi connectivity index (χ3v) is 1.09. The molecule has 0 spiro atoms. The molecule has 0 aliphatic heterocycles. The van der Waals surface area contributed by atoms with Gasteiger partial charge in [0.1, 0.15) is 0 Å². The fourth-order valence-electron chi connectivity index (χ4n) is 0.502. The van der Waals surface area contributed by atoms with Gasteiger partial charge in [0.2, 0.25) is 0 Å². The molecule has 0 saturated heterocycles. The highest BCUT2D eigenvalue weighted by Crippen LogP contribution is 2.07. The highest BCUT2D eigenvalue weighted by atomic mass is 19.3. The van der Waals surface area contributed by atoms with Crippen LogP contribution in [0.25, 0.3) is 0 Å². The van der Waals surface area contributed by atoms with E-state index in [9.17, 15) is 8.78 Å². The summed E-state index contributed by atoms with van der Waals surface area (Å²) in [4.78, 5) is 0. The second-order valence-corrected chi connectivity index (χ2v) is 2.95. The summed E-state index contributed by atoms with van der Waals surface area (Å²) >= 11 is 0. The first-order valence-corrected chi connectivity index (χ1v) is 3.62. The molecule has 3 heteroatoms. The molecule has 66 valence electrons. The summed E-state index contributed by atoms with van der Waals surface area (Å²) in [7, 11) is 0. The lowest BCUT2D eigenvalue weighted by molar-refractivity contribution is 0.126. The zero-order valence-electron chi connectivity index (χ0n) is 7.16. The van der Waals surface area contributed by atoms with Gasteiger partial charge in [0, 0.05) is 12.2 Å². The van der Waals surface area contributed by atoms with Crippen LogP contribution in [0.4, 0.5) is 8.78 Å². The van der Waals surface area contributed by atoms with Crippen LogP contribution in [0.1, 0.15) is 20.8 Å². The van der Waals surface area contributed by atoms with Crippen LogP contribution in [0.5, 0.6) is 0 Å². The van der Waals surface area contributed by atoms with Gasteiger partial charge in [-0.15, -0.1) is 0 Å². The van der Waals surface area contributed by atoms with Gasteiger partial charge in [-0.1, -0.05) is 13.8 Å². The molecular formula is C8H14F2O. The highest BCUT2D eigenvalue weighted by Gasteiger charge is 2.00. The molecule has 0 rings (SSSR count). The molecule has 0 saturated carbocycles. The van der Waals surface area contributed by atoms with Crippen molar-refractivity contribution >= 4 is 0 Å². The Balaban J connectivity index is 3.48. The predicted octanol–water partition coefficient (Wildman–Crippen LogP) is 2.83. The molecule has 0 aliphatic rings. The minimum atomic E-state index is -1.63. The molecular weight excluding hydrogens is 150 g/mol. The molecule has 11 heavy (non-hydrogen) atoms. The lowest BCUT2D eigenvalue weighted by atomic mass is 10.2. The maximum absolute atomic E-state index is 11.8. The summed E-state index contributed by atoms with van der Waals surface area (Å²) in [6.07, 6.45) is -1.63. The molecule has 0 heterocycles. The summed E-state index contributed by atoms with van der Waals surface area (Å²) in [5.74, 6) is 0.394. The van der Waals surface area contributed by atoms with Crippen LogP contribution in [0.3, 0.4) is 0 Å². The van der Waals surface area contributed by atoms with Crippen LogP contribution < -0.4 is 0 Å². The van der Waals surface area contributed by atoms with Crippen molar-refractivity contribution in [2.24, 2.45) is 5.92 Å². The molecule has 1 nitrogen and oxygen atoms in total. The Bertz CT molecular complexity index is 137. The molecule has 0 radical (unpaired) electrons. The Labute approximate surface area is 66.0 Å². The smallest absolute Gasteiger partial charge is 0.271 e. The van der Waals surface area contributed by atoms with Crippen LogP contribution >= 0.6 is 0 Å². The lowest BCUT2D eigenvalue weighted by Crippen LogP contribution is -2.04. The van der Waals surface area contributed by atoms with Crippen molar-refractivity contribution in [1.29, 1.82) is 0 Å². The van der Waals surface area contributed by atoms with Crippen LogP contribution in [0.2, 0.25) is 0 Å². The molecule has 0 aromatic heterocycles. The van der Waals surface area contributed by atoms with Gasteiger partial charge in [-0.2, -0.15) is 8.78 Å². The SMILES string of the molecule is CC(COCC(C)C)=C(F)F. The number of hydrogen-bond donors (Lipinski definition) is 0. The van der Waals surface area contributed by atoms with Crippen molar-refractivity contribution in [1.82, 2.24) is 0 Å². The van der Waals surface area contributed by atoms with Crippen molar-refractivity contribution in [3.63, 3.8) is 0 Å². The second kappa shape index (κ2) is 5.24. The molecule has 0 aromatic rings. The maximum Gasteiger partial charge on any atom is 0.271 e. The van der Waals surface area contributed by atoms with Gasteiger partial charge < -0.3 is 4.74 Å². The minimum absolute atomic E-state index is 0.0191. The summed E-state index contributed by atoms with van der Waals surface area (Å²) in [5, 5.41) is 0. The Morgan fingerprint density at radius 3 is 2.27 bits per heavy atom. The van der Waals surface area contributed by atoms with Crippen molar-refractivity contribution in [2.75, 3.05) is 13.2 Å². The molecule has 0 aromatic carbocycles. The van der Waals surface area contributed by atoms with Gasteiger partial charge in [0.25, 0.3) is 6.08 Å². The maximum atomic E-state index is 11.8. The van der Waals surface area contributed by atoms with Crippen molar-refractivity contribution in [3.8, 4) is 0 Å². The molecule has 0 unspecified atom stereocenters. The Hall–Kier alpha value is -0.440.